The van der Waals surface area contributed by atoms with Crippen LogP contribution in [-0.4, -0.2) is 14.2 Å². The van der Waals surface area contributed by atoms with Crippen LogP contribution in [0.15, 0.2) is 31.8 Å². The zero-order chi connectivity index (χ0) is 14.0. The molecule has 0 N–H and O–H groups in total. The van der Waals surface area contributed by atoms with Gasteiger partial charge < -0.3 is 9.47 Å². The molecule has 2 nitrogen and oxygen atoms in total. The van der Waals surface area contributed by atoms with Crippen molar-refractivity contribution in [2.75, 3.05) is 14.2 Å². The Bertz CT molecular complexity index is 583. The Morgan fingerprint density at radius 2 is 1.79 bits per heavy atom. The molecule has 1 aromatic heterocycles. The summed E-state index contributed by atoms with van der Waals surface area (Å²) in [4.78, 5) is 0.0366. The second kappa shape index (κ2) is 6.61. The maximum absolute atomic E-state index is 5.42. The van der Waals surface area contributed by atoms with E-state index in [4.69, 9.17) is 9.47 Å². The Morgan fingerprint density at radius 3 is 2.32 bits per heavy atom. The number of rotatable bonds is 4. The molecular weight excluding hydrogens is 460 g/mol. The van der Waals surface area contributed by atoms with Crippen molar-refractivity contribution in [3.8, 4) is 11.5 Å². The first-order valence-electron chi connectivity index (χ1n) is 5.37. The van der Waals surface area contributed by atoms with E-state index in [-0.39, 0.29) is 4.83 Å². The van der Waals surface area contributed by atoms with E-state index in [1.54, 1.807) is 25.6 Å². The average Bonchev–Trinajstić information content (AvgIpc) is 2.76. The largest absolute Gasteiger partial charge is 0.497 e. The molecular formula is C13H11Br3O2S. The zero-order valence-electron chi connectivity index (χ0n) is 10.2. The molecule has 1 heterocycles. The SMILES string of the molecule is COc1ccc(OC)c(C(Br)c2cc(Br)sc2Br)c1. The number of halogens is 3. The van der Waals surface area contributed by atoms with Crippen molar-refractivity contribution in [3.05, 3.63) is 43.0 Å². The molecule has 2 aromatic rings. The van der Waals surface area contributed by atoms with Crippen LogP contribution in [-0.2, 0) is 0 Å². The van der Waals surface area contributed by atoms with Gasteiger partial charge in [0.2, 0.25) is 0 Å². The van der Waals surface area contributed by atoms with E-state index in [9.17, 15) is 0 Å². The van der Waals surface area contributed by atoms with E-state index in [2.05, 4.69) is 53.9 Å². The summed E-state index contributed by atoms with van der Waals surface area (Å²) in [6.45, 7) is 0. The fourth-order valence-corrected chi connectivity index (χ4v) is 5.81. The van der Waals surface area contributed by atoms with E-state index in [0.29, 0.717) is 0 Å². The molecule has 19 heavy (non-hydrogen) atoms. The highest BCUT2D eigenvalue weighted by Crippen LogP contribution is 2.45. The van der Waals surface area contributed by atoms with Crippen LogP contribution in [0.4, 0.5) is 0 Å². The Hall–Kier alpha value is -0.0400. The van der Waals surface area contributed by atoms with Gasteiger partial charge in [-0.15, -0.1) is 11.3 Å². The summed E-state index contributed by atoms with van der Waals surface area (Å²) in [5.41, 5.74) is 2.19. The molecule has 1 unspecified atom stereocenters. The van der Waals surface area contributed by atoms with Gasteiger partial charge in [0.15, 0.2) is 0 Å². The van der Waals surface area contributed by atoms with E-state index in [1.165, 1.54) is 0 Å². The lowest BCUT2D eigenvalue weighted by molar-refractivity contribution is 0.399. The van der Waals surface area contributed by atoms with Crippen molar-refractivity contribution in [2.24, 2.45) is 0 Å². The number of benzene rings is 1. The molecule has 0 fully saturated rings. The van der Waals surface area contributed by atoms with Crippen LogP contribution in [0.25, 0.3) is 0 Å². The summed E-state index contributed by atoms with van der Waals surface area (Å²) in [5, 5.41) is 0. The third-order valence-electron chi connectivity index (χ3n) is 2.67. The molecule has 6 heteroatoms. The van der Waals surface area contributed by atoms with Gasteiger partial charge in [0.05, 0.1) is 26.6 Å². The number of methoxy groups -OCH3 is 2. The fraction of sp³-hybridized carbons (Fsp3) is 0.231. The quantitative estimate of drug-likeness (QED) is 0.528. The van der Waals surface area contributed by atoms with Crippen molar-refractivity contribution in [2.45, 2.75) is 4.83 Å². The lowest BCUT2D eigenvalue weighted by Gasteiger charge is -2.15. The summed E-state index contributed by atoms with van der Waals surface area (Å²) < 4.78 is 12.9. The summed E-state index contributed by atoms with van der Waals surface area (Å²) in [7, 11) is 3.33. The Kier molecular flexibility index (Phi) is 5.34. The number of hydrogen-bond acceptors (Lipinski definition) is 3. The molecule has 0 spiro atoms. The first-order valence-corrected chi connectivity index (χ1v) is 8.69. The van der Waals surface area contributed by atoms with Gasteiger partial charge in [-0.25, -0.2) is 0 Å². The molecule has 0 saturated carbocycles. The molecule has 102 valence electrons. The maximum atomic E-state index is 5.42. The smallest absolute Gasteiger partial charge is 0.123 e. The van der Waals surface area contributed by atoms with E-state index < -0.39 is 0 Å². The second-order valence-electron chi connectivity index (χ2n) is 3.75. The van der Waals surface area contributed by atoms with Crippen LogP contribution in [0.1, 0.15) is 16.0 Å². The van der Waals surface area contributed by atoms with Crippen LogP contribution in [0.2, 0.25) is 0 Å². The number of thiophene rings is 1. The monoisotopic (exact) mass is 468 g/mol. The van der Waals surface area contributed by atoms with Crippen LogP contribution in [0.5, 0.6) is 11.5 Å². The van der Waals surface area contributed by atoms with Gasteiger partial charge in [0.25, 0.3) is 0 Å². The van der Waals surface area contributed by atoms with Gasteiger partial charge in [-0.2, -0.15) is 0 Å². The van der Waals surface area contributed by atoms with Crippen molar-refractivity contribution in [3.63, 3.8) is 0 Å². The third kappa shape index (κ3) is 3.35. The summed E-state index contributed by atoms with van der Waals surface area (Å²) in [5.74, 6) is 1.64. The van der Waals surface area contributed by atoms with Crippen molar-refractivity contribution < 1.29 is 9.47 Å². The van der Waals surface area contributed by atoms with Crippen molar-refractivity contribution in [1.82, 2.24) is 0 Å². The Balaban J connectivity index is 2.47. The summed E-state index contributed by atoms with van der Waals surface area (Å²) in [6, 6.07) is 7.88. The van der Waals surface area contributed by atoms with Gasteiger partial charge in [0.1, 0.15) is 11.5 Å². The topological polar surface area (TPSA) is 18.5 Å². The van der Waals surface area contributed by atoms with Gasteiger partial charge in [0, 0.05) is 5.56 Å². The molecule has 0 amide bonds. The molecule has 2 rings (SSSR count). The van der Waals surface area contributed by atoms with Gasteiger partial charge in [-0.05, 0) is 61.7 Å². The van der Waals surface area contributed by atoms with Gasteiger partial charge in [-0.3, -0.25) is 0 Å². The second-order valence-corrected chi connectivity index (χ2v) is 8.42. The van der Waals surface area contributed by atoms with E-state index in [0.717, 1.165) is 30.2 Å². The maximum Gasteiger partial charge on any atom is 0.123 e. The summed E-state index contributed by atoms with van der Waals surface area (Å²) in [6.07, 6.45) is 0. The molecule has 0 saturated heterocycles. The highest BCUT2D eigenvalue weighted by Gasteiger charge is 2.20. The standard InChI is InChI=1S/C13H11Br3O2S/c1-17-7-3-4-10(18-2)8(5-7)12(15)9-6-11(14)19-13(9)16/h3-6,12H,1-2H3. The van der Waals surface area contributed by atoms with Crippen LogP contribution in [0, 0.1) is 0 Å². The zero-order valence-corrected chi connectivity index (χ0v) is 15.8. The van der Waals surface area contributed by atoms with E-state index >= 15 is 0 Å². The predicted octanol–water partition coefficient (Wildman–Crippen LogP) is 5.77. The van der Waals surface area contributed by atoms with Gasteiger partial charge in [-0.1, -0.05) is 15.9 Å². The average molecular weight is 471 g/mol. The van der Waals surface area contributed by atoms with Crippen LogP contribution in [0.3, 0.4) is 0 Å². The van der Waals surface area contributed by atoms with Crippen molar-refractivity contribution in [1.29, 1.82) is 0 Å². The minimum atomic E-state index is 0.0366. The molecule has 0 radical (unpaired) electrons. The molecule has 0 bridgehead atoms. The molecule has 1 aromatic carbocycles. The third-order valence-corrected chi connectivity index (χ3v) is 6.04. The minimum Gasteiger partial charge on any atom is -0.497 e. The molecule has 1 atom stereocenters. The lowest BCUT2D eigenvalue weighted by atomic mass is 10.1. The first kappa shape index (κ1) is 15.4. The van der Waals surface area contributed by atoms with E-state index in [1.807, 2.05) is 18.2 Å². The highest BCUT2D eigenvalue weighted by atomic mass is 79.9. The number of hydrogen-bond donors (Lipinski definition) is 0. The lowest BCUT2D eigenvalue weighted by Crippen LogP contribution is -1.97. The highest BCUT2D eigenvalue weighted by molar-refractivity contribution is 9.12. The Morgan fingerprint density at radius 1 is 1.05 bits per heavy atom. The normalized spacial score (nSPS) is 12.3. The minimum absolute atomic E-state index is 0.0366. The van der Waals surface area contributed by atoms with Crippen LogP contribution >= 0.6 is 59.1 Å². The number of alkyl halides is 1. The molecule has 0 aliphatic rings. The molecule has 0 aliphatic heterocycles. The molecule has 0 aliphatic carbocycles. The van der Waals surface area contributed by atoms with Crippen molar-refractivity contribution >= 4 is 59.1 Å². The van der Waals surface area contributed by atoms with Gasteiger partial charge >= 0.3 is 0 Å². The number of ether oxygens (including phenoxy) is 2. The Labute approximate surface area is 141 Å². The summed E-state index contributed by atoms with van der Waals surface area (Å²) >= 11 is 12.5. The first-order chi connectivity index (χ1) is 9.06. The van der Waals surface area contributed by atoms with Crippen LogP contribution < -0.4 is 9.47 Å². The fourth-order valence-electron chi connectivity index (χ4n) is 1.73. The predicted molar refractivity (Wildman–Crippen MR) is 90.0 cm³/mol.